The van der Waals surface area contributed by atoms with E-state index in [1.165, 1.54) is 28.0 Å². The molecule has 0 bridgehead atoms. The quantitative estimate of drug-likeness (QED) is 0.267. The average molecular weight is 537 g/mol. The fraction of sp³-hybridized carbons (Fsp3) is 0.577. The normalized spacial score (nSPS) is 12.4. The molecular weight excluding hydrogens is 496 g/mol. The van der Waals surface area contributed by atoms with Crippen LogP contribution in [-0.2, 0) is 27.6 Å². The lowest BCUT2D eigenvalue weighted by molar-refractivity contribution is -0.122. The van der Waals surface area contributed by atoms with Gasteiger partial charge in [0.25, 0.3) is 5.91 Å². The molecular formula is C26H40N4O4S2. The number of thiazole rings is 1. The van der Waals surface area contributed by atoms with Crippen molar-refractivity contribution in [2.75, 3.05) is 18.8 Å². The number of rotatable bonds is 17. The smallest absolute Gasteiger partial charge is 0.271 e. The maximum absolute atomic E-state index is 13.1. The molecule has 10 heteroatoms. The van der Waals surface area contributed by atoms with Crippen LogP contribution < -0.4 is 16.0 Å². The van der Waals surface area contributed by atoms with Gasteiger partial charge in [0, 0.05) is 18.5 Å². The third-order valence-electron chi connectivity index (χ3n) is 5.97. The lowest BCUT2D eigenvalue weighted by Gasteiger charge is -2.22. The summed E-state index contributed by atoms with van der Waals surface area (Å²) in [4.78, 5) is 29.5. The molecule has 0 spiro atoms. The molecule has 0 fully saturated rings. The lowest BCUT2D eigenvalue weighted by Crippen LogP contribution is -2.51. The molecule has 200 valence electrons. The summed E-state index contributed by atoms with van der Waals surface area (Å²) in [5.41, 5.74) is 4.19. The molecule has 0 aliphatic carbocycles. The van der Waals surface area contributed by atoms with Gasteiger partial charge in [-0.05, 0) is 43.4 Å². The van der Waals surface area contributed by atoms with Crippen molar-refractivity contribution in [3.05, 3.63) is 52.0 Å². The van der Waals surface area contributed by atoms with Crippen molar-refractivity contribution in [1.82, 2.24) is 20.9 Å². The van der Waals surface area contributed by atoms with Crippen LogP contribution in [0, 0.1) is 0 Å². The number of hydrogen-bond donors (Lipinski definition) is 3. The minimum atomic E-state index is -3.59. The summed E-state index contributed by atoms with van der Waals surface area (Å²) >= 11 is 1.26. The van der Waals surface area contributed by atoms with Gasteiger partial charge in [-0.2, -0.15) is 0 Å². The second-order valence-electron chi connectivity index (χ2n) is 8.92. The number of hydrogen-bond acceptors (Lipinski definition) is 7. The Balaban J connectivity index is 1.93. The van der Waals surface area contributed by atoms with Gasteiger partial charge in [0.1, 0.15) is 11.7 Å². The van der Waals surface area contributed by atoms with E-state index in [1.54, 1.807) is 5.38 Å². The van der Waals surface area contributed by atoms with Gasteiger partial charge in [0.05, 0.1) is 16.5 Å². The highest BCUT2D eigenvalue weighted by molar-refractivity contribution is 7.92. The first-order valence-corrected chi connectivity index (χ1v) is 15.4. The van der Waals surface area contributed by atoms with Crippen molar-refractivity contribution in [3.63, 3.8) is 0 Å². The SMILES string of the molecule is CCCC(CCC)S(=O)(=O)C[C@@H](NC(=O)c1cscn1)C(=O)NCCCNCc1cccc(CC)c1. The van der Waals surface area contributed by atoms with Crippen LogP contribution in [0.15, 0.2) is 35.2 Å². The molecule has 1 aromatic carbocycles. The predicted molar refractivity (Wildman–Crippen MR) is 146 cm³/mol. The molecule has 2 amide bonds. The molecule has 1 atom stereocenters. The van der Waals surface area contributed by atoms with Crippen molar-refractivity contribution >= 4 is 33.0 Å². The predicted octanol–water partition coefficient (Wildman–Crippen LogP) is 3.48. The van der Waals surface area contributed by atoms with Crippen LogP contribution in [0.2, 0.25) is 0 Å². The van der Waals surface area contributed by atoms with Crippen molar-refractivity contribution in [1.29, 1.82) is 0 Å². The van der Waals surface area contributed by atoms with Gasteiger partial charge in [-0.1, -0.05) is 57.9 Å². The first-order valence-electron chi connectivity index (χ1n) is 12.8. The largest absolute Gasteiger partial charge is 0.354 e. The van der Waals surface area contributed by atoms with Crippen LogP contribution in [-0.4, -0.2) is 55.4 Å². The Labute approximate surface area is 219 Å². The van der Waals surface area contributed by atoms with E-state index in [9.17, 15) is 18.0 Å². The Hall–Kier alpha value is -2.30. The summed E-state index contributed by atoms with van der Waals surface area (Å²) < 4.78 is 26.3. The van der Waals surface area contributed by atoms with Gasteiger partial charge in [0.15, 0.2) is 9.84 Å². The molecule has 0 saturated heterocycles. The van der Waals surface area contributed by atoms with E-state index >= 15 is 0 Å². The maximum atomic E-state index is 13.1. The fourth-order valence-electron chi connectivity index (χ4n) is 4.00. The number of benzene rings is 1. The molecule has 2 rings (SSSR count). The van der Waals surface area contributed by atoms with Crippen LogP contribution >= 0.6 is 11.3 Å². The Bertz CT molecular complexity index is 1040. The van der Waals surface area contributed by atoms with E-state index in [2.05, 4.69) is 52.1 Å². The minimum absolute atomic E-state index is 0.171. The monoisotopic (exact) mass is 536 g/mol. The molecule has 1 aromatic heterocycles. The number of aromatic nitrogens is 1. The van der Waals surface area contributed by atoms with E-state index in [4.69, 9.17) is 0 Å². The number of carbonyl (C=O) groups excluding carboxylic acids is 2. The minimum Gasteiger partial charge on any atom is -0.354 e. The summed E-state index contributed by atoms with van der Waals surface area (Å²) in [5, 5.41) is 9.81. The number of amides is 2. The third-order valence-corrected chi connectivity index (χ3v) is 8.84. The highest BCUT2D eigenvalue weighted by atomic mass is 32.2. The van der Waals surface area contributed by atoms with Crippen LogP contribution in [0.1, 0.15) is 74.5 Å². The van der Waals surface area contributed by atoms with Crippen molar-refractivity contribution in [2.45, 2.75) is 77.1 Å². The van der Waals surface area contributed by atoms with E-state index in [-0.39, 0.29) is 5.69 Å². The van der Waals surface area contributed by atoms with Crippen molar-refractivity contribution < 1.29 is 18.0 Å². The van der Waals surface area contributed by atoms with E-state index in [0.29, 0.717) is 32.4 Å². The average Bonchev–Trinajstić information content (AvgIpc) is 3.41. The molecule has 36 heavy (non-hydrogen) atoms. The van der Waals surface area contributed by atoms with Gasteiger partial charge in [-0.25, -0.2) is 13.4 Å². The number of nitrogens with one attached hydrogen (secondary N) is 3. The van der Waals surface area contributed by atoms with Crippen molar-refractivity contribution in [3.8, 4) is 0 Å². The Kier molecular flexibility index (Phi) is 13.1. The van der Waals surface area contributed by atoms with E-state index < -0.39 is 38.7 Å². The Morgan fingerprint density at radius 2 is 1.78 bits per heavy atom. The Morgan fingerprint density at radius 3 is 2.42 bits per heavy atom. The van der Waals surface area contributed by atoms with Gasteiger partial charge < -0.3 is 16.0 Å². The molecule has 3 N–H and O–H groups in total. The summed E-state index contributed by atoms with van der Waals surface area (Å²) in [6, 6.07) is 7.24. The fourth-order valence-corrected chi connectivity index (χ4v) is 6.69. The summed E-state index contributed by atoms with van der Waals surface area (Å²) in [6.45, 7) is 7.82. The highest BCUT2D eigenvalue weighted by Crippen LogP contribution is 2.17. The molecule has 1 heterocycles. The molecule has 0 aliphatic rings. The highest BCUT2D eigenvalue weighted by Gasteiger charge is 2.32. The standard InChI is InChI=1S/C26H40N4O4S2/c1-4-9-22(10-5-2)36(33,34)18-24(30-26(32)23-17-35-19-29-23)25(31)28-14-8-13-27-16-21-12-7-11-20(6-3)15-21/h7,11-12,15,17,19,22,24,27H,4-6,8-10,13-14,16,18H2,1-3H3,(H,28,31)(H,30,32)/t24-/m1/s1. The second kappa shape index (κ2) is 15.7. The number of sulfone groups is 1. The summed E-state index contributed by atoms with van der Waals surface area (Å²) in [6.07, 6.45) is 4.22. The number of nitrogens with zero attached hydrogens (tertiary/aromatic N) is 1. The van der Waals surface area contributed by atoms with Gasteiger partial charge in [0.2, 0.25) is 5.91 Å². The Morgan fingerprint density at radius 1 is 1.06 bits per heavy atom. The molecule has 0 radical (unpaired) electrons. The van der Waals surface area contributed by atoms with Gasteiger partial charge in [-0.15, -0.1) is 11.3 Å². The van der Waals surface area contributed by atoms with Gasteiger partial charge in [-0.3, -0.25) is 9.59 Å². The zero-order valence-electron chi connectivity index (χ0n) is 21.6. The van der Waals surface area contributed by atoms with Crippen LogP contribution in [0.3, 0.4) is 0 Å². The number of carbonyl (C=O) groups is 2. The van der Waals surface area contributed by atoms with Gasteiger partial charge >= 0.3 is 0 Å². The lowest BCUT2D eigenvalue weighted by atomic mass is 10.1. The third kappa shape index (κ3) is 9.99. The second-order valence-corrected chi connectivity index (χ2v) is 12.0. The molecule has 0 aliphatic heterocycles. The molecule has 0 unspecified atom stereocenters. The molecule has 8 nitrogen and oxygen atoms in total. The summed E-state index contributed by atoms with van der Waals surface area (Å²) in [5.74, 6) is -1.47. The van der Waals surface area contributed by atoms with Crippen LogP contribution in [0.25, 0.3) is 0 Å². The van der Waals surface area contributed by atoms with E-state index in [1.807, 2.05) is 13.8 Å². The first kappa shape index (κ1) is 29.9. The number of aryl methyl sites for hydroxylation is 1. The maximum Gasteiger partial charge on any atom is 0.271 e. The molecule has 2 aromatic rings. The zero-order valence-corrected chi connectivity index (χ0v) is 23.2. The first-order chi connectivity index (χ1) is 17.3. The van der Waals surface area contributed by atoms with Crippen LogP contribution in [0.4, 0.5) is 0 Å². The molecule has 0 saturated carbocycles. The van der Waals surface area contributed by atoms with Crippen molar-refractivity contribution in [2.24, 2.45) is 0 Å². The van der Waals surface area contributed by atoms with Crippen LogP contribution in [0.5, 0.6) is 0 Å². The summed E-state index contributed by atoms with van der Waals surface area (Å²) in [7, 11) is -3.59. The topological polar surface area (TPSA) is 117 Å². The van der Waals surface area contributed by atoms with E-state index in [0.717, 1.165) is 25.8 Å². The zero-order chi connectivity index (χ0) is 26.4.